The van der Waals surface area contributed by atoms with Crippen LogP contribution in [0, 0.1) is 11.8 Å². The van der Waals surface area contributed by atoms with Crippen molar-refractivity contribution in [1.82, 2.24) is 5.32 Å². The van der Waals surface area contributed by atoms with Crippen LogP contribution in [0.3, 0.4) is 0 Å². The van der Waals surface area contributed by atoms with Crippen molar-refractivity contribution in [3.8, 4) is 0 Å². The molecule has 0 bridgehead atoms. The van der Waals surface area contributed by atoms with Crippen molar-refractivity contribution >= 4 is 0 Å². The van der Waals surface area contributed by atoms with Gasteiger partial charge in [-0.2, -0.15) is 0 Å². The van der Waals surface area contributed by atoms with Gasteiger partial charge in [-0.05, 0) is 30.2 Å². The highest BCUT2D eigenvalue weighted by atomic mass is 15.0. The third kappa shape index (κ3) is 2.12. The monoisotopic (exact) mass is 241 g/mol. The maximum absolute atomic E-state index is 3.78. The second-order valence-corrected chi connectivity index (χ2v) is 6.47. The van der Waals surface area contributed by atoms with Gasteiger partial charge in [0.05, 0.1) is 0 Å². The van der Waals surface area contributed by atoms with Crippen molar-refractivity contribution in [2.24, 2.45) is 11.8 Å². The Bertz CT molecular complexity index is 432. The van der Waals surface area contributed by atoms with Gasteiger partial charge < -0.3 is 5.32 Å². The summed E-state index contributed by atoms with van der Waals surface area (Å²) in [7, 11) is 0. The zero-order valence-electron chi connectivity index (χ0n) is 11.4. The molecule has 0 spiro atoms. The lowest BCUT2D eigenvalue weighted by atomic mass is 9.71. The van der Waals surface area contributed by atoms with Crippen LogP contribution >= 0.6 is 0 Å². The van der Waals surface area contributed by atoms with Crippen molar-refractivity contribution in [3.63, 3.8) is 0 Å². The van der Waals surface area contributed by atoms with E-state index in [0.29, 0.717) is 0 Å². The van der Waals surface area contributed by atoms with E-state index in [9.17, 15) is 0 Å². The lowest BCUT2D eigenvalue weighted by Gasteiger charge is -2.42. The van der Waals surface area contributed by atoms with Gasteiger partial charge >= 0.3 is 0 Å². The third-order valence-electron chi connectivity index (χ3n) is 4.72. The number of hydrogen-bond donors (Lipinski definition) is 1. The summed E-state index contributed by atoms with van der Waals surface area (Å²) in [5.74, 6) is 1.76. The van der Waals surface area contributed by atoms with Gasteiger partial charge in [-0.25, -0.2) is 0 Å². The molecule has 1 fully saturated rings. The molecule has 0 saturated heterocycles. The maximum atomic E-state index is 3.78. The van der Waals surface area contributed by atoms with E-state index >= 15 is 0 Å². The number of allylic oxidation sites excluding steroid dienone is 1. The molecule has 1 aromatic rings. The number of nitrogens with one attached hydrogen (secondary N) is 1. The lowest BCUT2D eigenvalue weighted by molar-refractivity contribution is 0.156. The van der Waals surface area contributed by atoms with Crippen LogP contribution in [0.15, 0.2) is 42.5 Å². The molecule has 1 aromatic carbocycles. The van der Waals surface area contributed by atoms with E-state index in [1.54, 1.807) is 0 Å². The standard InChI is InChI=1S/C17H23N/c1-17(2,14-8-4-3-5-9-14)12-18-16-11-13-7-6-10-15(13)16/h3-6,8-10,13,15-16,18H,7,11-12H2,1-2H3. The highest BCUT2D eigenvalue weighted by Crippen LogP contribution is 2.42. The SMILES string of the molecule is CC(C)(CNC1CC2CC=CC21)c1ccccc1. The molecule has 0 aromatic heterocycles. The van der Waals surface area contributed by atoms with Crippen LogP contribution in [0.1, 0.15) is 32.3 Å². The van der Waals surface area contributed by atoms with Crippen LogP contribution < -0.4 is 5.32 Å². The highest BCUT2D eigenvalue weighted by molar-refractivity contribution is 5.24. The Morgan fingerprint density at radius 3 is 2.72 bits per heavy atom. The number of rotatable bonds is 4. The van der Waals surface area contributed by atoms with Crippen molar-refractivity contribution in [2.45, 2.75) is 38.1 Å². The Morgan fingerprint density at radius 1 is 1.22 bits per heavy atom. The van der Waals surface area contributed by atoms with Gasteiger partial charge in [-0.3, -0.25) is 0 Å². The summed E-state index contributed by atoms with van der Waals surface area (Å²) in [6.45, 7) is 5.73. The zero-order valence-corrected chi connectivity index (χ0v) is 11.4. The molecule has 1 heteroatoms. The predicted molar refractivity (Wildman–Crippen MR) is 76.6 cm³/mol. The minimum absolute atomic E-state index is 0.217. The number of benzene rings is 1. The Kier molecular flexibility index (Phi) is 3.03. The van der Waals surface area contributed by atoms with Gasteiger partial charge in [0.25, 0.3) is 0 Å². The Hall–Kier alpha value is -1.08. The molecule has 0 amide bonds. The minimum atomic E-state index is 0.217. The fraction of sp³-hybridized carbons (Fsp3) is 0.529. The first kappa shape index (κ1) is 12.0. The maximum Gasteiger partial charge on any atom is 0.0136 e. The van der Waals surface area contributed by atoms with Gasteiger partial charge in [0.2, 0.25) is 0 Å². The van der Waals surface area contributed by atoms with E-state index < -0.39 is 0 Å². The molecule has 3 rings (SSSR count). The van der Waals surface area contributed by atoms with Crippen LogP contribution in [0.2, 0.25) is 0 Å². The third-order valence-corrected chi connectivity index (χ3v) is 4.72. The van der Waals surface area contributed by atoms with E-state index in [-0.39, 0.29) is 5.41 Å². The van der Waals surface area contributed by atoms with Gasteiger partial charge in [-0.15, -0.1) is 0 Å². The van der Waals surface area contributed by atoms with Gasteiger partial charge in [-0.1, -0.05) is 56.3 Å². The smallest absolute Gasteiger partial charge is 0.0136 e. The minimum Gasteiger partial charge on any atom is -0.313 e. The predicted octanol–water partition coefficient (Wildman–Crippen LogP) is 3.52. The Balaban J connectivity index is 1.58. The average Bonchev–Trinajstić information content (AvgIpc) is 2.72. The second kappa shape index (κ2) is 4.55. The van der Waals surface area contributed by atoms with Crippen LogP contribution in [0.25, 0.3) is 0 Å². The number of hydrogen-bond acceptors (Lipinski definition) is 1. The normalized spacial score (nSPS) is 30.0. The lowest BCUT2D eigenvalue weighted by Crippen LogP contribution is -2.51. The Morgan fingerprint density at radius 2 is 2.00 bits per heavy atom. The topological polar surface area (TPSA) is 12.0 Å². The molecule has 0 radical (unpaired) electrons. The summed E-state index contributed by atoms with van der Waals surface area (Å²) in [5, 5.41) is 3.78. The van der Waals surface area contributed by atoms with Gasteiger partial charge in [0.1, 0.15) is 0 Å². The molecular weight excluding hydrogens is 218 g/mol. The highest BCUT2D eigenvalue weighted by Gasteiger charge is 2.41. The van der Waals surface area contributed by atoms with E-state index in [1.807, 2.05) is 0 Å². The van der Waals surface area contributed by atoms with Crippen molar-refractivity contribution in [1.29, 1.82) is 0 Å². The second-order valence-electron chi connectivity index (χ2n) is 6.47. The largest absolute Gasteiger partial charge is 0.313 e. The molecule has 0 aliphatic heterocycles. The van der Waals surface area contributed by atoms with Crippen LogP contribution in [-0.2, 0) is 5.41 Å². The molecule has 1 N–H and O–H groups in total. The van der Waals surface area contributed by atoms with E-state index in [4.69, 9.17) is 0 Å². The van der Waals surface area contributed by atoms with Crippen LogP contribution in [0.5, 0.6) is 0 Å². The first-order chi connectivity index (χ1) is 8.67. The molecule has 3 unspecified atom stereocenters. The molecule has 96 valence electrons. The van der Waals surface area contributed by atoms with E-state index in [2.05, 4.69) is 61.6 Å². The van der Waals surface area contributed by atoms with Gasteiger partial charge in [0, 0.05) is 18.0 Å². The van der Waals surface area contributed by atoms with Crippen molar-refractivity contribution < 1.29 is 0 Å². The number of fused-ring (bicyclic) bond motifs is 1. The fourth-order valence-electron chi connectivity index (χ4n) is 3.33. The molecule has 1 nitrogen and oxygen atoms in total. The summed E-state index contributed by atoms with van der Waals surface area (Å²) < 4.78 is 0. The summed E-state index contributed by atoms with van der Waals surface area (Å²) in [6.07, 6.45) is 7.45. The van der Waals surface area contributed by atoms with Crippen molar-refractivity contribution in [2.75, 3.05) is 6.54 Å². The molecule has 2 aliphatic rings. The molecule has 3 atom stereocenters. The summed E-state index contributed by atoms with van der Waals surface area (Å²) in [5.41, 5.74) is 1.64. The molecular formula is C17H23N. The molecule has 0 heterocycles. The van der Waals surface area contributed by atoms with Crippen LogP contribution in [0.4, 0.5) is 0 Å². The van der Waals surface area contributed by atoms with Crippen LogP contribution in [-0.4, -0.2) is 12.6 Å². The van der Waals surface area contributed by atoms with E-state index in [1.165, 1.54) is 18.4 Å². The first-order valence-electron chi connectivity index (χ1n) is 7.12. The average molecular weight is 241 g/mol. The Labute approximate surface area is 110 Å². The van der Waals surface area contributed by atoms with Crippen molar-refractivity contribution in [3.05, 3.63) is 48.0 Å². The quantitative estimate of drug-likeness (QED) is 0.795. The zero-order chi connectivity index (χ0) is 12.6. The summed E-state index contributed by atoms with van der Waals surface area (Å²) >= 11 is 0. The summed E-state index contributed by atoms with van der Waals surface area (Å²) in [6, 6.07) is 11.6. The molecule has 2 aliphatic carbocycles. The fourth-order valence-corrected chi connectivity index (χ4v) is 3.33. The molecule has 18 heavy (non-hydrogen) atoms. The van der Waals surface area contributed by atoms with E-state index in [0.717, 1.165) is 24.4 Å². The molecule has 1 saturated carbocycles. The van der Waals surface area contributed by atoms with Gasteiger partial charge in [0.15, 0.2) is 0 Å². The first-order valence-corrected chi connectivity index (χ1v) is 7.12. The summed E-state index contributed by atoms with van der Waals surface area (Å²) in [4.78, 5) is 0.